The summed E-state index contributed by atoms with van der Waals surface area (Å²) in [7, 11) is 0. The van der Waals surface area contributed by atoms with Crippen molar-refractivity contribution in [2.24, 2.45) is 0 Å². The minimum Gasteiger partial charge on any atom is -0.483 e. The molecule has 0 aliphatic carbocycles. The average Bonchev–Trinajstić information content (AvgIpc) is 2.84. The van der Waals surface area contributed by atoms with Crippen molar-refractivity contribution in [1.29, 1.82) is 0 Å². The van der Waals surface area contributed by atoms with Gasteiger partial charge in [-0.15, -0.1) is 0 Å². The van der Waals surface area contributed by atoms with Crippen LogP contribution in [-0.2, 0) is 14.4 Å². The molecule has 2 N–H and O–H groups in total. The van der Waals surface area contributed by atoms with E-state index in [4.69, 9.17) is 16.3 Å². The summed E-state index contributed by atoms with van der Waals surface area (Å²) in [4.78, 5) is 51.0. The highest BCUT2D eigenvalue weighted by atomic mass is 79.9. The van der Waals surface area contributed by atoms with Crippen LogP contribution in [0.1, 0.15) is 16.7 Å². The van der Waals surface area contributed by atoms with Crippen molar-refractivity contribution in [1.82, 2.24) is 5.32 Å². The van der Waals surface area contributed by atoms with Gasteiger partial charge in [0.2, 0.25) is 0 Å². The molecule has 0 bridgehead atoms. The molecule has 3 aromatic rings. The van der Waals surface area contributed by atoms with Gasteiger partial charge in [-0.2, -0.15) is 0 Å². The van der Waals surface area contributed by atoms with Crippen LogP contribution in [0.25, 0.3) is 6.08 Å². The van der Waals surface area contributed by atoms with Gasteiger partial charge in [-0.05, 0) is 83.4 Å². The molecule has 1 aliphatic heterocycles. The number of rotatable bonds is 6. The van der Waals surface area contributed by atoms with E-state index in [0.29, 0.717) is 26.5 Å². The van der Waals surface area contributed by atoms with Gasteiger partial charge in [0.05, 0.1) is 10.2 Å². The standard InChI is InChI=1S/C27H21BrClN3O5/c1-15-3-7-18(8-4-15)30-24(33)14-37-23-10-6-17(12-21(23)28)11-20-25(34)31-27(36)32(26(20)35)19-9-5-16(2)22(29)13-19/h3-13H,14H2,1-2H3,(H,30,33)(H,31,34,36)/b20-11+. The number of barbiturate groups is 1. The average molecular weight is 583 g/mol. The van der Waals surface area contributed by atoms with Crippen molar-refractivity contribution in [3.8, 4) is 5.75 Å². The Morgan fingerprint density at radius 1 is 1.05 bits per heavy atom. The highest BCUT2D eigenvalue weighted by Crippen LogP contribution is 2.29. The van der Waals surface area contributed by atoms with Crippen LogP contribution in [0.2, 0.25) is 5.02 Å². The number of nitrogens with one attached hydrogen (secondary N) is 2. The minimum atomic E-state index is -0.860. The summed E-state index contributed by atoms with van der Waals surface area (Å²) >= 11 is 9.54. The number of ether oxygens (including phenoxy) is 1. The Labute approximate surface area is 226 Å². The highest BCUT2D eigenvalue weighted by molar-refractivity contribution is 9.10. The Morgan fingerprint density at radius 3 is 2.46 bits per heavy atom. The second kappa shape index (κ2) is 11.0. The van der Waals surface area contributed by atoms with Crippen molar-refractivity contribution in [3.63, 3.8) is 0 Å². The van der Waals surface area contributed by atoms with Crippen LogP contribution in [0, 0.1) is 13.8 Å². The van der Waals surface area contributed by atoms with E-state index in [-0.39, 0.29) is 23.8 Å². The molecule has 1 fully saturated rings. The van der Waals surface area contributed by atoms with Crippen molar-refractivity contribution in [3.05, 3.63) is 92.4 Å². The lowest BCUT2D eigenvalue weighted by molar-refractivity contribution is -0.122. The number of hydrogen-bond donors (Lipinski definition) is 2. The molecule has 0 saturated carbocycles. The lowest BCUT2D eigenvalue weighted by atomic mass is 10.1. The van der Waals surface area contributed by atoms with Gasteiger partial charge in [0.15, 0.2) is 6.61 Å². The first-order chi connectivity index (χ1) is 17.6. The van der Waals surface area contributed by atoms with E-state index in [0.717, 1.165) is 16.0 Å². The SMILES string of the molecule is Cc1ccc(NC(=O)COc2ccc(/C=C3\C(=O)NC(=O)N(c4ccc(C)c(Cl)c4)C3=O)cc2Br)cc1. The summed E-state index contributed by atoms with van der Waals surface area (Å²) in [6.07, 6.45) is 1.37. The van der Waals surface area contributed by atoms with Gasteiger partial charge in [0.25, 0.3) is 17.7 Å². The third kappa shape index (κ3) is 6.07. The molecular formula is C27H21BrClN3O5. The largest absolute Gasteiger partial charge is 0.483 e. The van der Waals surface area contributed by atoms with Gasteiger partial charge in [-0.25, -0.2) is 9.69 Å². The molecule has 10 heteroatoms. The van der Waals surface area contributed by atoms with Gasteiger partial charge in [-0.1, -0.05) is 41.4 Å². The third-order valence-corrected chi connectivity index (χ3v) is 6.50. The van der Waals surface area contributed by atoms with Gasteiger partial charge >= 0.3 is 6.03 Å². The van der Waals surface area contributed by atoms with Crippen LogP contribution in [0.15, 0.2) is 70.7 Å². The molecule has 1 aliphatic rings. The van der Waals surface area contributed by atoms with Crippen molar-refractivity contribution in [2.45, 2.75) is 13.8 Å². The van der Waals surface area contributed by atoms with E-state index in [2.05, 4.69) is 26.6 Å². The maximum Gasteiger partial charge on any atom is 0.335 e. The predicted octanol–water partition coefficient (Wildman–Crippen LogP) is 5.40. The van der Waals surface area contributed by atoms with Crippen LogP contribution >= 0.6 is 27.5 Å². The third-order valence-electron chi connectivity index (χ3n) is 5.48. The fourth-order valence-electron chi connectivity index (χ4n) is 3.48. The maximum atomic E-state index is 13.1. The van der Waals surface area contributed by atoms with E-state index < -0.39 is 17.8 Å². The smallest absolute Gasteiger partial charge is 0.335 e. The topological polar surface area (TPSA) is 105 Å². The molecule has 4 rings (SSSR count). The molecule has 0 radical (unpaired) electrons. The van der Waals surface area contributed by atoms with Gasteiger partial charge < -0.3 is 10.1 Å². The van der Waals surface area contributed by atoms with E-state index >= 15 is 0 Å². The maximum absolute atomic E-state index is 13.1. The molecule has 0 atom stereocenters. The fraction of sp³-hybridized carbons (Fsp3) is 0.111. The molecule has 1 heterocycles. The number of halogens is 2. The minimum absolute atomic E-state index is 0.218. The zero-order chi connectivity index (χ0) is 26.7. The Morgan fingerprint density at radius 2 is 1.78 bits per heavy atom. The van der Waals surface area contributed by atoms with Gasteiger partial charge in [0, 0.05) is 10.7 Å². The molecule has 37 heavy (non-hydrogen) atoms. The summed E-state index contributed by atoms with van der Waals surface area (Å²) in [5.41, 5.74) is 3.04. The van der Waals surface area contributed by atoms with Gasteiger partial charge in [0.1, 0.15) is 11.3 Å². The quantitative estimate of drug-likeness (QED) is 0.299. The molecule has 3 aromatic carbocycles. The summed E-state index contributed by atoms with van der Waals surface area (Å²) in [5, 5.41) is 5.31. The first-order valence-electron chi connectivity index (χ1n) is 11.1. The van der Waals surface area contributed by atoms with E-state index in [1.54, 1.807) is 49.4 Å². The van der Waals surface area contributed by atoms with E-state index in [1.807, 2.05) is 19.1 Å². The number of urea groups is 1. The Bertz CT molecular complexity index is 1450. The molecular weight excluding hydrogens is 562 g/mol. The molecule has 5 amide bonds. The number of nitrogens with zero attached hydrogens (tertiary/aromatic N) is 1. The Kier molecular flexibility index (Phi) is 7.75. The highest BCUT2D eigenvalue weighted by Gasteiger charge is 2.37. The number of carbonyl (C=O) groups is 4. The second-order valence-corrected chi connectivity index (χ2v) is 9.55. The summed E-state index contributed by atoms with van der Waals surface area (Å²) in [6.45, 7) is 3.53. The second-order valence-electron chi connectivity index (χ2n) is 8.28. The fourth-order valence-corrected chi connectivity index (χ4v) is 4.17. The summed E-state index contributed by atoms with van der Waals surface area (Å²) in [5.74, 6) is -1.52. The number of anilines is 2. The lowest BCUT2D eigenvalue weighted by Crippen LogP contribution is -2.54. The zero-order valence-corrected chi connectivity index (χ0v) is 22.1. The zero-order valence-electron chi connectivity index (χ0n) is 19.8. The Balaban J connectivity index is 1.48. The number of aryl methyl sites for hydroxylation is 2. The van der Waals surface area contributed by atoms with Crippen LogP contribution < -0.4 is 20.3 Å². The summed E-state index contributed by atoms with van der Waals surface area (Å²) in [6, 6.07) is 16.1. The van der Waals surface area contributed by atoms with Crippen molar-refractivity contribution in [2.75, 3.05) is 16.8 Å². The van der Waals surface area contributed by atoms with Crippen LogP contribution in [-0.4, -0.2) is 30.4 Å². The lowest BCUT2D eigenvalue weighted by Gasteiger charge is -2.26. The summed E-state index contributed by atoms with van der Waals surface area (Å²) < 4.78 is 6.11. The Hall–Kier alpha value is -3.95. The monoisotopic (exact) mass is 581 g/mol. The first kappa shape index (κ1) is 26.1. The number of imide groups is 2. The molecule has 0 aromatic heterocycles. The van der Waals surface area contributed by atoms with E-state index in [9.17, 15) is 19.2 Å². The van der Waals surface area contributed by atoms with Crippen LogP contribution in [0.5, 0.6) is 5.75 Å². The van der Waals surface area contributed by atoms with Crippen molar-refractivity contribution < 1.29 is 23.9 Å². The number of benzene rings is 3. The number of hydrogen-bond acceptors (Lipinski definition) is 5. The molecule has 188 valence electrons. The number of carbonyl (C=O) groups excluding carboxylic acids is 4. The van der Waals surface area contributed by atoms with Gasteiger partial charge in [-0.3, -0.25) is 19.7 Å². The molecule has 0 unspecified atom stereocenters. The number of amides is 5. The van der Waals surface area contributed by atoms with Crippen molar-refractivity contribution >= 4 is 68.7 Å². The predicted molar refractivity (Wildman–Crippen MR) is 145 cm³/mol. The molecule has 1 saturated heterocycles. The molecule has 8 nitrogen and oxygen atoms in total. The first-order valence-corrected chi connectivity index (χ1v) is 12.3. The van der Waals surface area contributed by atoms with Crippen LogP contribution in [0.3, 0.4) is 0 Å². The molecule has 0 spiro atoms. The van der Waals surface area contributed by atoms with E-state index in [1.165, 1.54) is 12.1 Å². The van der Waals surface area contributed by atoms with Crippen LogP contribution in [0.4, 0.5) is 16.2 Å². The normalized spacial score (nSPS) is 14.5.